The maximum atomic E-state index is 13.1. The van der Waals surface area contributed by atoms with Crippen LogP contribution in [-0.2, 0) is 25.6 Å². The summed E-state index contributed by atoms with van der Waals surface area (Å²) in [4.78, 5) is 0. The quantitative estimate of drug-likeness (QED) is 0.575. The van der Waals surface area contributed by atoms with Gasteiger partial charge < -0.3 is 18.9 Å². The molecule has 0 atom stereocenters. The Kier molecular flexibility index (Phi) is 9.78. The Labute approximate surface area is 127 Å². The van der Waals surface area contributed by atoms with Crippen LogP contribution >= 0.6 is 15.9 Å². The Bertz CT molecular complexity index is 356. The molecule has 0 aliphatic carbocycles. The van der Waals surface area contributed by atoms with Crippen molar-refractivity contribution in [2.45, 2.75) is 6.61 Å². The summed E-state index contributed by atoms with van der Waals surface area (Å²) >= 11 is 3.24. The first-order valence-electron chi connectivity index (χ1n) is 6.39. The average Bonchev–Trinajstić information content (AvgIpc) is 2.40. The number of methoxy groups -OCH3 is 1. The van der Waals surface area contributed by atoms with E-state index in [-0.39, 0.29) is 5.82 Å². The molecule has 1 aromatic rings. The molecular formula is C14H20BrFO4. The molecule has 114 valence electrons. The second-order valence-electron chi connectivity index (χ2n) is 4.05. The SMILES string of the molecule is COCCOCCOCCOCc1cc(F)cc(Br)c1. The number of hydrogen-bond donors (Lipinski definition) is 0. The molecule has 0 heterocycles. The molecule has 0 aliphatic heterocycles. The summed E-state index contributed by atoms with van der Waals surface area (Å²) in [6.45, 7) is 3.55. The molecule has 20 heavy (non-hydrogen) atoms. The summed E-state index contributed by atoms with van der Waals surface area (Å²) < 4.78 is 34.6. The van der Waals surface area contributed by atoms with Crippen LogP contribution in [0.15, 0.2) is 22.7 Å². The van der Waals surface area contributed by atoms with Crippen molar-refractivity contribution < 1.29 is 23.3 Å². The van der Waals surface area contributed by atoms with Crippen LogP contribution in [0.4, 0.5) is 4.39 Å². The van der Waals surface area contributed by atoms with Crippen LogP contribution in [-0.4, -0.2) is 46.8 Å². The van der Waals surface area contributed by atoms with Gasteiger partial charge >= 0.3 is 0 Å². The van der Waals surface area contributed by atoms with E-state index in [1.54, 1.807) is 7.11 Å². The van der Waals surface area contributed by atoms with Gasteiger partial charge in [0, 0.05) is 11.6 Å². The average molecular weight is 351 g/mol. The van der Waals surface area contributed by atoms with E-state index in [0.717, 1.165) is 5.56 Å². The van der Waals surface area contributed by atoms with Crippen LogP contribution in [0, 0.1) is 5.82 Å². The van der Waals surface area contributed by atoms with E-state index in [2.05, 4.69) is 15.9 Å². The maximum Gasteiger partial charge on any atom is 0.124 e. The normalized spacial score (nSPS) is 10.9. The standard InChI is InChI=1S/C14H20BrFO4/c1-17-2-3-18-4-5-19-6-7-20-11-12-8-13(15)10-14(16)9-12/h8-10H,2-7,11H2,1H3. The number of halogens is 2. The van der Waals surface area contributed by atoms with E-state index in [1.807, 2.05) is 6.07 Å². The van der Waals surface area contributed by atoms with E-state index < -0.39 is 0 Å². The Hall–Kier alpha value is -0.530. The molecule has 0 aliphatic rings. The van der Waals surface area contributed by atoms with Gasteiger partial charge in [-0.05, 0) is 23.8 Å². The highest BCUT2D eigenvalue weighted by molar-refractivity contribution is 9.10. The van der Waals surface area contributed by atoms with Crippen LogP contribution in [0.2, 0.25) is 0 Å². The van der Waals surface area contributed by atoms with E-state index in [0.29, 0.717) is 50.7 Å². The fraction of sp³-hybridized carbons (Fsp3) is 0.571. The zero-order chi connectivity index (χ0) is 14.6. The zero-order valence-corrected chi connectivity index (χ0v) is 13.2. The third kappa shape index (κ3) is 8.60. The maximum absolute atomic E-state index is 13.1. The number of rotatable bonds is 11. The Morgan fingerprint density at radius 1 is 0.900 bits per heavy atom. The summed E-state index contributed by atoms with van der Waals surface area (Å²) in [5.74, 6) is -0.276. The molecule has 0 bridgehead atoms. The van der Waals surface area contributed by atoms with E-state index in [1.165, 1.54) is 12.1 Å². The topological polar surface area (TPSA) is 36.9 Å². The summed E-state index contributed by atoms with van der Waals surface area (Å²) in [5, 5.41) is 0. The Balaban J connectivity index is 1.97. The van der Waals surface area contributed by atoms with Crippen LogP contribution in [0.1, 0.15) is 5.56 Å². The van der Waals surface area contributed by atoms with Crippen molar-refractivity contribution in [3.8, 4) is 0 Å². The van der Waals surface area contributed by atoms with Gasteiger partial charge in [-0.25, -0.2) is 4.39 Å². The molecular weight excluding hydrogens is 331 g/mol. The van der Waals surface area contributed by atoms with Crippen LogP contribution in [0.25, 0.3) is 0 Å². The molecule has 6 heteroatoms. The second-order valence-corrected chi connectivity index (χ2v) is 4.96. The minimum Gasteiger partial charge on any atom is -0.382 e. The van der Waals surface area contributed by atoms with E-state index in [4.69, 9.17) is 18.9 Å². The molecule has 0 unspecified atom stereocenters. The van der Waals surface area contributed by atoms with E-state index >= 15 is 0 Å². The molecule has 0 fully saturated rings. The van der Waals surface area contributed by atoms with Crippen LogP contribution < -0.4 is 0 Å². The van der Waals surface area contributed by atoms with Gasteiger partial charge in [-0.3, -0.25) is 0 Å². The molecule has 4 nitrogen and oxygen atoms in total. The Morgan fingerprint density at radius 2 is 1.50 bits per heavy atom. The lowest BCUT2D eigenvalue weighted by molar-refractivity contribution is 0.000839. The van der Waals surface area contributed by atoms with Gasteiger partial charge in [0.05, 0.1) is 46.2 Å². The summed E-state index contributed by atoms with van der Waals surface area (Å²) in [5.41, 5.74) is 0.791. The van der Waals surface area contributed by atoms with Gasteiger partial charge in [0.25, 0.3) is 0 Å². The van der Waals surface area contributed by atoms with Crippen LogP contribution in [0.3, 0.4) is 0 Å². The van der Waals surface area contributed by atoms with Crippen molar-refractivity contribution >= 4 is 15.9 Å². The minimum atomic E-state index is -0.276. The van der Waals surface area contributed by atoms with Crippen LogP contribution in [0.5, 0.6) is 0 Å². The highest BCUT2D eigenvalue weighted by Gasteiger charge is 1.99. The molecule has 0 amide bonds. The predicted molar refractivity (Wildman–Crippen MR) is 77.3 cm³/mol. The fourth-order valence-electron chi connectivity index (χ4n) is 1.47. The van der Waals surface area contributed by atoms with Crippen molar-refractivity contribution in [2.75, 3.05) is 46.8 Å². The van der Waals surface area contributed by atoms with Crippen molar-refractivity contribution in [1.82, 2.24) is 0 Å². The third-order valence-corrected chi connectivity index (χ3v) is 2.82. The second kappa shape index (κ2) is 11.2. The molecule has 1 rings (SSSR count). The molecule has 0 aromatic heterocycles. The van der Waals surface area contributed by atoms with Gasteiger partial charge in [0.2, 0.25) is 0 Å². The molecule has 0 saturated heterocycles. The van der Waals surface area contributed by atoms with Crippen molar-refractivity contribution in [3.63, 3.8) is 0 Å². The number of ether oxygens (including phenoxy) is 4. The lowest BCUT2D eigenvalue weighted by atomic mass is 10.2. The van der Waals surface area contributed by atoms with Gasteiger partial charge in [-0.2, -0.15) is 0 Å². The molecule has 1 aromatic carbocycles. The first kappa shape index (κ1) is 17.5. The van der Waals surface area contributed by atoms with Crippen molar-refractivity contribution in [3.05, 3.63) is 34.1 Å². The highest BCUT2D eigenvalue weighted by Crippen LogP contribution is 2.15. The molecule has 0 N–H and O–H groups in total. The zero-order valence-electron chi connectivity index (χ0n) is 11.6. The number of benzene rings is 1. The van der Waals surface area contributed by atoms with E-state index in [9.17, 15) is 4.39 Å². The van der Waals surface area contributed by atoms with Gasteiger partial charge in [0.1, 0.15) is 5.82 Å². The summed E-state index contributed by atoms with van der Waals surface area (Å²) in [7, 11) is 1.63. The van der Waals surface area contributed by atoms with Crippen molar-refractivity contribution in [2.24, 2.45) is 0 Å². The third-order valence-electron chi connectivity index (χ3n) is 2.37. The lowest BCUT2D eigenvalue weighted by Crippen LogP contribution is -2.11. The fourth-order valence-corrected chi connectivity index (χ4v) is 1.98. The number of hydrogen-bond acceptors (Lipinski definition) is 4. The smallest absolute Gasteiger partial charge is 0.124 e. The first-order valence-corrected chi connectivity index (χ1v) is 7.19. The lowest BCUT2D eigenvalue weighted by Gasteiger charge is -2.07. The summed E-state index contributed by atoms with van der Waals surface area (Å²) in [6, 6.07) is 4.69. The minimum absolute atomic E-state index is 0.276. The molecule has 0 spiro atoms. The Morgan fingerprint density at radius 3 is 2.10 bits per heavy atom. The largest absolute Gasteiger partial charge is 0.382 e. The van der Waals surface area contributed by atoms with Gasteiger partial charge in [0.15, 0.2) is 0 Å². The predicted octanol–water partition coefficient (Wildman–Crippen LogP) is 2.78. The first-order chi connectivity index (χ1) is 9.72. The van der Waals surface area contributed by atoms with Gasteiger partial charge in [-0.15, -0.1) is 0 Å². The molecule has 0 saturated carbocycles. The monoisotopic (exact) mass is 350 g/mol. The van der Waals surface area contributed by atoms with Crippen molar-refractivity contribution in [1.29, 1.82) is 0 Å². The summed E-state index contributed by atoms with van der Waals surface area (Å²) in [6.07, 6.45) is 0. The van der Waals surface area contributed by atoms with Gasteiger partial charge in [-0.1, -0.05) is 15.9 Å². The highest BCUT2D eigenvalue weighted by atomic mass is 79.9. The molecule has 0 radical (unpaired) electrons.